The Labute approximate surface area is 243 Å². The number of piperidine rings is 3. The van der Waals surface area contributed by atoms with Crippen LogP contribution < -0.4 is 21.1 Å². The van der Waals surface area contributed by atoms with Crippen molar-refractivity contribution in [3.05, 3.63) is 101 Å². The summed E-state index contributed by atoms with van der Waals surface area (Å²) in [4.78, 5) is 27.3. The summed E-state index contributed by atoms with van der Waals surface area (Å²) in [6.45, 7) is 6.46. The molecule has 7 nitrogen and oxygen atoms in total. The molecule has 5 unspecified atom stereocenters. The van der Waals surface area contributed by atoms with E-state index in [9.17, 15) is 9.59 Å². The number of rotatable bonds is 11. The molecule has 2 amide bonds. The first kappa shape index (κ1) is 28.8. The lowest BCUT2D eigenvalue weighted by Gasteiger charge is -2.56. The summed E-state index contributed by atoms with van der Waals surface area (Å²) < 4.78 is 5.75. The van der Waals surface area contributed by atoms with E-state index in [2.05, 4.69) is 108 Å². The highest BCUT2D eigenvalue weighted by atomic mass is 16.5. The minimum absolute atomic E-state index is 0.0275. The molecule has 3 saturated heterocycles. The van der Waals surface area contributed by atoms with E-state index >= 15 is 0 Å². The molecule has 216 valence electrons. The summed E-state index contributed by atoms with van der Waals surface area (Å²) >= 11 is 0. The fourth-order valence-corrected chi connectivity index (χ4v) is 6.88. The molecule has 0 aromatic heterocycles. The van der Waals surface area contributed by atoms with E-state index in [1.807, 2.05) is 0 Å². The molecule has 0 spiro atoms. The lowest BCUT2D eigenvalue weighted by Crippen LogP contribution is -2.69. The Morgan fingerprint density at radius 1 is 0.976 bits per heavy atom. The Morgan fingerprint density at radius 3 is 2.22 bits per heavy atom. The van der Waals surface area contributed by atoms with Crippen LogP contribution in [0, 0.1) is 11.8 Å². The molecule has 2 bridgehead atoms. The molecule has 41 heavy (non-hydrogen) atoms. The van der Waals surface area contributed by atoms with Crippen LogP contribution in [0.2, 0.25) is 0 Å². The molecule has 5 atom stereocenters. The van der Waals surface area contributed by atoms with Gasteiger partial charge in [-0.1, -0.05) is 86.6 Å². The Balaban J connectivity index is 1.53. The summed E-state index contributed by atoms with van der Waals surface area (Å²) in [5.74, 6) is 0.633. The second kappa shape index (κ2) is 12.9. The maximum Gasteiger partial charge on any atom is 0.236 e. The zero-order valence-electron chi connectivity index (χ0n) is 24.3. The average Bonchev–Trinajstić information content (AvgIpc) is 3.00. The molecule has 3 aromatic carbocycles. The average molecular weight is 555 g/mol. The molecule has 0 saturated carbocycles. The van der Waals surface area contributed by atoms with Gasteiger partial charge < -0.3 is 21.1 Å². The molecule has 0 radical (unpaired) electrons. The van der Waals surface area contributed by atoms with Crippen molar-refractivity contribution in [2.45, 2.75) is 50.7 Å². The van der Waals surface area contributed by atoms with Crippen molar-refractivity contribution in [1.29, 1.82) is 0 Å². The van der Waals surface area contributed by atoms with Crippen LogP contribution in [0.1, 0.15) is 54.4 Å². The Bertz CT molecular complexity index is 1290. The number of nitrogens with two attached hydrogens (primary N) is 1. The number of methoxy groups -OCH3 is 1. The first-order chi connectivity index (χ1) is 19.9. The Hall–Kier alpha value is -3.68. The molecule has 3 fully saturated rings. The molecular formula is C34H42N4O3. The van der Waals surface area contributed by atoms with E-state index < -0.39 is 5.91 Å². The maximum absolute atomic E-state index is 13.4. The van der Waals surface area contributed by atoms with Crippen molar-refractivity contribution in [2.24, 2.45) is 17.6 Å². The molecule has 7 heteroatoms. The van der Waals surface area contributed by atoms with E-state index in [-0.39, 0.29) is 42.3 Å². The highest BCUT2D eigenvalue weighted by Gasteiger charge is 2.52. The summed E-state index contributed by atoms with van der Waals surface area (Å²) in [6, 6.07) is 28.0. The first-order valence-electron chi connectivity index (χ1n) is 14.7. The molecule has 6 rings (SSSR count). The van der Waals surface area contributed by atoms with Crippen LogP contribution in [0.3, 0.4) is 0 Å². The van der Waals surface area contributed by atoms with Gasteiger partial charge in [0.25, 0.3) is 0 Å². The number of hydrogen-bond acceptors (Lipinski definition) is 5. The zero-order chi connectivity index (χ0) is 28.9. The number of amides is 2. The SMILES string of the molecule is COc1ccc(C(C)C)cc1CNC1C2CCN(CC2C(=O)NCC(N)=O)C1C(c1ccccc1)c1ccccc1. The third-order valence-corrected chi connectivity index (χ3v) is 8.88. The largest absolute Gasteiger partial charge is 0.496 e. The smallest absolute Gasteiger partial charge is 0.236 e. The van der Waals surface area contributed by atoms with E-state index in [0.29, 0.717) is 19.0 Å². The molecule has 3 aromatic rings. The fraction of sp³-hybridized carbons (Fsp3) is 0.412. The van der Waals surface area contributed by atoms with Gasteiger partial charge in [-0.3, -0.25) is 14.5 Å². The van der Waals surface area contributed by atoms with Crippen LogP contribution in [-0.4, -0.2) is 55.5 Å². The Morgan fingerprint density at radius 2 is 1.63 bits per heavy atom. The number of primary amides is 1. The first-order valence-corrected chi connectivity index (χ1v) is 14.7. The molecular weight excluding hydrogens is 512 g/mol. The quantitative estimate of drug-likeness (QED) is 0.333. The minimum Gasteiger partial charge on any atom is -0.496 e. The number of nitrogens with zero attached hydrogens (tertiary/aromatic N) is 1. The van der Waals surface area contributed by atoms with Crippen LogP contribution in [0.15, 0.2) is 78.9 Å². The number of ether oxygens (including phenoxy) is 1. The van der Waals surface area contributed by atoms with Crippen LogP contribution >= 0.6 is 0 Å². The number of hydrogen-bond donors (Lipinski definition) is 3. The zero-order valence-corrected chi connectivity index (χ0v) is 24.3. The molecule has 0 aliphatic carbocycles. The fourth-order valence-electron chi connectivity index (χ4n) is 6.88. The van der Waals surface area contributed by atoms with E-state index in [0.717, 1.165) is 24.3 Å². The van der Waals surface area contributed by atoms with Gasteiger partial charge in [0.05, 0.1) is 19.6 Å². The summed E-state index contributed by atoms with van der Waals surface area (Å²) in [5.41, 5.74) is 10.2. The van der Waals surface area contributed by atoms with Gasteiger partial charge >= 0.3 is 0 Å². The van der Waals surface area contributed by atoms with Crippen LogP contribution in [0.4, 0.5) is 0 Å². The van der Waals surface area contributed by atoms with Gasteiger partial charge in [-0.15, -0.1) is 0 Å². The van der Waals surface area contributed by atoms with E-state index in [1.165, 1.54) is 16.7 Å². The Kier molecular flexibility index (Phi) is 9.06. The predicted octanol–water partition coefficient (Wildman–Crippen LogP) is 4.03. The minimum atomic E-state index is -0.530. The van der Waals surface area contributed by atoms with Crippen molar-refractivity contribution in [2.75, 3.05) is 26.7 Å². The third kappa shape index (κ3) is 6.31. The second-order valence-electron chi connectivity index (χ2n) is 11.7. The van der Waals surface area contributed by atoms with Gasteiger partial charge in [0, 0.05) is 36.7 Å². The highest BCUT2D eigenvalue weighted by molar-refractivity contribution is 5.85. The van der Waals surface area contributed by atoms with Gasteiger partial charge in [-0.25, -0.2) is 0 Å². The van der Waals surface area contributed by atoms with Gasteiger partial charge in [-0.2, -0.15) is 0 Å². The van der Waals surface area contributed by atoms with Gasteiger partial charge in [0.2, 0.25) is 11.8 Å². The van der Waals surface area contributed by atoms with Crippen molar-refractivity contribution >= 4 is 11.8 Å². The normalized spacial score (nSPS) is 23.5. The maximum atomic E-state index is 13.4. The van der Waals surface area contributed by atoms with Crippen LogP contribution in [0.25, 0.3) is 0 Å². The molecule has 3 aliphatic heterocycles. The molecule has 4 N–H and O–H groups in total. The number of fused-ring (bicyclic) bond motifs is 3. The summed E-state index contributed by atoms with van der Waals surface area (Å²) in [7, 11) is 1.71. The third-order valence-electron chi connectivity index (χ3n) is 8.88. The van der Waals surface area contributed by atoms with Crippen molar-refractivity contribution < 1.29 is 14.3 Å². The van der Waals surface area contributed by atoms with Gasteiger partial charge in [0.15, 0.2) is 0 Å². The van der Waals surface area contributed by atoms with Crippen molar-refractivity contribution in [3.63, 3.8) is 0 Å². The standard InChI is InChI=1S/C34H42N4O3/c1-22(2)25-14-15-29(41-3)26(18-25)19-36-32-27-16-17-38(21-28(27)34(40)37-20-30(35)39)33(32)31(23-10-6-4-7-11-23)24-12-8-5-9-13-24/h4-15,18,22,27-28,31-33,36H,16-17,19-21H2,1-3H3,(H2,35,39)(H,37,40). The summed E-state index contributed by atoms with van der Waals surface area (Å²) in [6.07, 6.45) is 0.905. The number of benzene rings is 3. The van der Waals surface area contributed by atoms with Crippen LogP contribution in [-0.2, 0) is 16.1 Å². The van der Waals surface area contributed by atoms with E-state index in [4.69, 9.17) is 10.5 Å². The topological polar surface area (TPSA) is 96.7 Å². The lowest BCUT2D eigenvalue weighted by molar-refractivity contribution is -0.136. The number of carbonyl (C=O) groups is 2. The lowest BCUT2D eigenvalue weighted by atomic mass is 9.66. The van der Waals surface area contributed by atoms with E-state index in [1.54, 1.807) is 7.11 Å². The van der Waals surface area contributed by atoms with Crippen molar-refractivity contribution in [1.82, 2.24) is 15.5 Å². The monoisotopic (exact) mass is 554 g/mol. The molecule has 3 heterocycles. The molecule has 3 aliphatic rings. The van der Waals surface area contributed by atoms with Crippen molar-refractivity contribution in [3.8, 4) is 5.75 Å². The van der Waals surface area contributed by atoms with Crippen LogP contribution in [0.5, 0.6) is 5.75 Å². The van der Waals surface area contributed by atoms with Gasteiger partial charge in [0.1, 0.15) is 5.75 Å². The summed E-state index contributed by atoms with van der Waals surface area (Å²) in [5, 5.41) is 6.73. The number of carbonyl (C=O) groups excluding carboxylic acids is 2. The number of nitrogens with one attached hydrogen (secondary N) is 2. The van der Waals surface area contributed by atoms with Gasteiger partial charge in [-0.05, 0) is 47.6 Å². The second-order valence-corrected chi connectivity index (χ2v) is 11.7. The predicted molar refractivity (Wildman–Crippen MR) is 162 cm³/mol. The highest BCUT2D eigenvalue weighted by Crippen LogP contribution is 2.44.